The number of aliphatic hydroxyl groups is 1. The van der Waals surface area contributed by atoms with Gasteiger partial charge in [0.1, 0.15) is 0 Å². The zero-order valence-corrected chi connectivity index (χ0v) is 21.9. The van der Waals surface area contributed by atoms with E-state index in [1.54, 1.807) is 0 Å². The predicted octanol–water partition coefficient (Wildman–Crippen LogP) is 9.45. The summed E-state index contributed by atoms with van der Waals surface area (Å²) in [4.78, 5) is 11.6. The van der Waals surface area contributed by atoms with Crippen molar-refractivity contribution in [2.75, 3.05) is 0 Å². The number of aliphatic carboxylic acids is 1. The van der Waals surface area contributed by atoms with Crippen molar-refractivity contribution in [3.63, 3.8) is 0 Å². The van der Waals surface area contributed by atoms with E-state index in [1.165, 1.54) is 116 Å². The lowest BCUT2D eigenvalue weighted by Gasteiger charge is -2.19. The van der Waals surface area contributed by atoms with Crippen molar-refractivity contribution >= 4 is 5.97 Å². The summed E-state index contributed by atoms with van der Waals surface area (Å²) in [6, 6.07) is 0. The Bertz CT molecular complexity index is 383. The van der Waals surface area contributed by atoms with Crippen molar-refractivity contribution in [1.29, 1.82) is 0 Å². The molecule has 0 saturated heterocycles. The Morgan fingerprint density at radius 2 is 0.781 bits per heavy atom. The maximum Gasteiger partial charge on any atom is 0.309 e. The van der Waals surface area contributed by atoms with Gasteiger partial charge in [-0.15, -0.1) is 0 Å². The molecule has 0 fully saturated rings. The Kier molecular flexibility index (Phi) is 24.6. The second-order valence-electron chi connectivity index (χ2n) is 10.2. The standard InChI is InChI=1S/C29H58O3/c1-3-5-7-9-11-13-15-17-19-21-23-25-27(29(31)32)28(30)26-24-22-20-18-16-14-12-10-8-6-4-2/h27-28,30H,3-26H2,1-2H3,(H,31,32)/t27-,28-/m1/s1. The van der Waals surface area contributed by atoms with E-state index in [-0.39, 0.29) is 0 Å². The molecule has 0 saturated carbocycles. The van der Waals surface area contributed by atoms with Gasteiger partial charge in [-0.1, -0.05) is 155 Å². The SMILES string of the molecule is CCCCCCCCCCCCC[C@@H](O)[C@@H](CCCCCCCCCCCCC)C(=O)O. The van der Waals surface area contributed by atoms with Gasteiger partial charge in [0.15, 0.2) is 0 Å². The summed E-state index contributed by atoms with van der Waals surface area (Å²) in [6.45, 7) is 4.51. The van der Waals surface area contributed by atoms with Gasteiger partial charge in [-0.05, 0) is 12.8 Å². The van der Waals surface area contributed by atoms with E-state index < -0.39 is 18.0 Å². The lowest BCUT2D eigenvalue weighted by molar-refractivity contribution is -0.146. The first-order valence-electron chi connectivity index (χ1n) is 14.5. The van der Waals surface area contributed by atoms with E-state index in [1.807, 2.05) is 0 Å². The van der Waals surface area contributed by atoms with Crippen molar-refractivity contribution in [3.05, 3.63) is 0 Å². The van der Waals surface area contributed by atoms with Gasteiger partial charge in [0.2, 0.25) is 0 Å². The number of unbranched alkanes of at least 4 members (excludes halogenated alkanes) is 20. The fourth-order valence-electron chi connectivity index (χ4n) is 4.73. The van der Waals surface area contributed by atoms with Crippen molar-refractivity contribution < 1.29 is 15.0 Å². The summed E-state index contributed by atoms with van der Waals surface area (Å²) in [5.74, 6) is -1.38. The van der Waals surface area contributed by atoms with Gasteiger partial charge >= 0.3 is 5.97 Å². The quantitative estimate of drug-likeness (QED) is 0.128. The Labute approximate surface area is 201 Å². The molecule has 2 atom stereocenters. The van der Waals surface area contributed by atoms with E-state index in [4.69, 9.17) is 0 Å². The molecule has 0 radical (unpaired) electrons. The molecule has 32 heavy (non-hydrogen) atoms. The first-order valence-corrected chi connectivity index (χ1v) is 14.5. The van der Waals surface area contributed by atoms with Crippen molar-refractivity contribution in [3.8, 4) is 0 Å². The first-order chi connectivity index (χ1) is 15.6. The van der Waals surface area contributed by atoms with E-state index in [0.29, 0.717) is 12.8 Å². The smallest absolute Gasteiger partial charge is 0.309 e. The number of carboxylic acid groups (broad SMARTS) is 1. The van der Waals surface area contributed by atoms with Crippen LogP contribution in [0.4, 0.5) is 0 Å². The third-order valence-corrected chi connectivity index (χ3v) is 7.00. The minimum Gasteiger partial charge on any atom is -0.481 e. The van der Waals surface area contributed by atoms with Gasteiger partial charge in [-0.25, -0.2) is 0 Å². The van der Waals surface area contributed by atoms with Crippen LogP contribution in [0.25, 0.3) is 0 Å². The highest BCUT2D eigenvalue weighted by Gasteiger charge is 2.25. The van der Waals surface area contributed by atoms with Crippen LogP contribution in [0.2, 0.25) is 0 Å². The molecule has 3 heteroatoms. The summed E-state index contributed by atoms with van der Waals surface area (Å²) in [6.07, 6.45) is 28.7. The molecule has 192 valence electrons. The fourth-order valence-corrected chi connectivity index (χ4v) is 4.73. The third kappa shape index (κ3) is 21.3. The van der Waals surface area contributed by atoms with Crippen LogP contribution in [-0.4, -0.2) is 22.3 Å². The number of hydrogen-bond acceptors (Lipinski definition) is 2. The van der Waals surface area contributed by atoms with Crippen LogP contribution in [-0.2, 0) is 4.79 Å². The Morgan fingerprint density at radius 1 is 0.500 bits per heavy atom. The van der Waals surface area contributed by atoms with Gasteiger partial charge < -0.3 is 10.2 Å². The normalized spacial score (nSPS) is 13.3. The second kappa shape index (κ2) is 25.1. The van der Waals surface area contributed by atoms with Crippen molar-refractivity contribution in [2.24, 2.45) is 5.92 Å². The van der Waals surface area contributed by atoms with Gasteiger partial charge in [-0.2, -0.15) is 0 Å². The molecule has 0 spiro atoms. The minimum atomic E-state index is -0.812. The molecular formula is C29H58O3. The highest BCUT2D eigenvalue weighted by molar-refractivity contribution is 5.70. The van der Waals surface area contributed by atoms with Crippen LogP contribution in [0.5, 0.6) is 0 Å². The Morgan fingerprint density at radius 3 is 1.09 bits per heavy atom. The summed E-state index contributed by atoms with van der Waals surface area (Å²) in [7, 11) is 0. The van der Waals surface area contributed by atoms with Crippen molar-refractivity contribution in [1.82, 2.24) is 0 Å². The monoisotopic (exact) mass is 454 g/mol. The molecule has 0 aromatic carbocycles. The zero-order valence-electron chi connectivity index (χ0n) is 21.9. The lowest BCUT2D eigenvalue weighted by atomic mass is 9.91. The van der Waals surface area contributed by atoms with Crippen LogP contribution < -0.4 is 0 Å². The average molecular weight is 455 g/mol. The van der Waals surface area contributed by atoms with Crippen LogP contribution in [0.1, 0.15) is 168 Å². The molecule has 0 rings (SSSR count). The molecule has 2 N–H and O–H groups in total. The molecule has 0 aromatic rings. The first kappa shape index (κ1) is 31.4. The average Bonchev–Trinajstić information content (AvgIpc) is 2.77. The molecule has 0 bridgehead atoms. The zero-order chi connectivity index (χ0) is 23.7. The molecule has 0 aliphatic rings. The molecule has 0 amide bonds. The van der Waals surface area contributed by atoms with Crippen LogP contribution >= 0.6 is 0 Å². The van der Waals surface area contributed by atoms with E-state index >= 15 is 0 Å². The Balaban J connectivity index is 3.60. The number of rotatable bonds is 26. The largest absolute Gasteiger partial charge is 0.481 e. The van der Waals surface area contributed by atoms with Gasteiger partial charge in [0.25, 0.3) is 0 Å². The Hall–Kier alpha value is -0.570. The number of hydrogen-bond donors (Lipinski definition) is 2. The van der Waals surface area contributed by atoms with Gasteiger partial charge in [-0.3, -0.25) is 4.79 Å². The van der Waals surface area contributed by atoms with Crippen LogP contribution in [0, 0.1) is 5.92 Å². The van der Waals surface area contributed by atoms with Gasteiger partial charge in [0.05, 0.1) is 12.0 Å². The van der Waals surface area contributed by atoms with E-state index in [2.05, 4.69) is 13.8 Å². The molecule has 0 aromatic heterocycles. The topological polar surface area (TPSA) is 57.5 Å². The highest BCUT2D eigenvalue weighted by Crippen LogP contribution is 2.21. The van der Waals surface area contributed by atoms with Crippen molar-refractivity contribution in [2.45, 2.75) is 174 Å². The molecule has 0 heterocycles. The van der Waals surface area contributed by atoms with Gasteiger partial charge in [0, 0.05) is 0 Å². The maximum atomic E-state index is 11.6. The van der Waals surface area contributed by atoms with Crippen LogP contribution in [0.3, 0.4) is 0 Å². The second-order valence-corrected chi connectivity index (χ2v) is 10.2. The molecule has 0 aliphatic carbocycles. The van der Waals surface area contributed by atoms with Crippen LogP contribution in [0.15, 0.2) is 0 Å². The summed E-state index contributed by atoms with van der Waals surface area (Å²) in [5.41, 5.74) is 0. The minimum absolute atomic E-state index is 0.573. The maximum absolute atomic E-state index is 11.6. The molecule has 0 unspecified atom stereocenters. The molecular weight excluding hydrogens is 396 g/mol. The fraction of sp³-hybridized carbons (Fsp3) is 0.966. The third-order valence-electron chi connectivity index (χ3n) is 7.00. The summed E-state index contributed by atoms with van der Waals surface area (Å²) in [5, 5.41) is 19.9. The van der Waals surface area contributed by atoms with E-state index in [9.17, 15) is 15.0 Å². The number of carbonyl (C=O) groups is 1. The number of carboxylic acids is 1. The van der Waals surface area contributed by atoms with E-state index in [0.717, 1.165) is 25.7 Å². The molecule has 0 aliphatic heterocycles. The lowest BCUT2D eigenvalue weighted by Crippen LogP contribution is -2.28. The summed E-state index contributed by atoms with van der Waals surface area (Å²) < 4.78 is 0. The molecule has 3 nitrogen and oxygen atoms in total. The predicted molar refractivity (Wildman–Crippen MR) is 139 cm³/mol. The highest BCUT2D eigenvalue weighted by atomic mass is 16.4. The summed E-state index contributed by atoms with van der Waals surface area (Å²) >= 11 is 0. The number of aliphatic hydroxyl groups excluding tert-OH is 1.